The molecule has 0 heterocycles. The zero-order chi connectivity index (χ0) is 24.8. The van der Waals surface area contributed by atoms with Gasteiger partial charge in [0.25, 0.3) is 0 Å². The summed E-state index contributed by atoms with van der Waals surface area (Å²) in [7, 11) is 10.0. The van der Waals surface area contributed by atoms with Gasteiger partial charge in [-0.05, 0) is 47.0 Å². The van der Waals surface area contributed by atoms with Gasteiger partial charge in [-0.25, -0.2) is 0 Å². The predicted octanol–water partition coefficient (Wildman–Crippen LogP) is 6.62. The molecule has 0 saturated heterocycles. The van der Waals surface area contributed by atoms with E-state index in [9.17, 15) is 0 Å². The summed E-state index contributed by atoms with van der Waals surface area (Å²) >= 11 is 0. The van der Waals surface area contributed by atoms with Crippen molar-refractivity contribution in [2.45, 2.75) is 12.5 Å². The van der Waals surface area contributed by atoms with E-state index in [0.29, 0.717) is 0 Å². The second kappa shape index (κ2) is 11.0. The van der Waals surface area contributed by atoms with E-state index < -0.39 is 0 Å². The molecule has 0 radical (unpaired) electrons. The molecule has 180 valence electrons. The van der Waals surface area contributed by atoms with Crippen LogP contribution in [0.2, 0.25) is 0 Å². The van der Waals surface area contributed by atoms with Crippen LogP contribution in [0.25, 0.3) is 0 Å². The van der Waals surface area contributed by atoms with Crippen LogP contribution in [0.15, 0.2) is 97.1 Å². The molecule has 0 amide bonds. The maximum absolute atomic E-state index is 5.93. The Morgan fingerprint density at radius 2 is 1.23 bits per heavy atom. The number of hydrogen-bond acceptors (Lipinski definition) is 4. The molecule has 4 aromatic rings. The first-order chi connectivity index (χ1) is 17.0. The van der Waals surface area contributed by atoms with Crippen molar-refractivity contribution in [3.8, 4) is 5.75 Å². The van der Waals surface area contributed by atoms with Crippen LogP contribution in [0.5, 0.6) is 5.75 Å². The van der Waals surface area contributed by atoms with Gasteiger partial charge in [-0.15, -0.1) is 0 Å². The van der Waals surface area contributed by atoms with E-state index in [1.807, 2.05) is 6.07 Å². The number of benzene rings is 4. The minimum atomic E-state index is 0.0561. The Morgan fingerprint density at radius 3 is 1.71 bits per heavy atom. The van der Waals surface area contributed by atoms with E-state index in [4.69, 9.17) is 4.74 Å². The molecule has 0 aromatic heterocycles. The van der Waals surface area contributed by atoms with E-state index in [1.54, 1.807) is 7.11 Å². The van der Waals surface area contributed by atoms with E-state index >= 15 is 0 Å². The van der Waals surface area contributed by atoms with Crippen molar-refractivity contribution >= 4 is 17.1 Å². The summed E-state index contributed by atoms with van der Waals surface area (Å²) in [5.41, 5.74) is 8.27. The molecule has 4 heteroatoms. The predicted molar refractivity (Wildman–Crippen MR) is 149 cm³/mol. The Balaban J connectivity index is 1.71. The molecule has 35 heavy (non-hydrogen) atoms. The zero-order valence-electron chi connectivity index (χ0n) is 21.3. The van der Waals surface area contributed by atoms with Crippen molar-refractivity contribution in [3.63, 3.8) is 0 Å². The summed E-state index contributed by atoms with van der Waals surface area (Å²) in [5.74, 6) is 0.932. The van der Waals surface area contributed by atoms with Gasteiger partial charge in [0, 0.05) is 69.3 Å². The van der Waals surface area contributed by atoms with E-state index in [-0.39, 0.29) is 5.92 Å². The fourth-order valence-electron chi connectivity index (χ4n) is 4.34. The van der Waals surface area contributed by atoms with Crippen LogP contribution in [-0.2, 0) is 6.54 Å². The van der Waals surface area contributed by atoms with Crippen LogP contribution < -0.4 is 19.9 Å². The number of hydrogen-bond donors (Lipinski definition) is 1. The van der Waals surface area contributed by atoms with Gasteiger partial charge in [-0.1, -0.05) is 60.7 Å². The quantitative estimate of drug-likeness (QED) is 0.281. The molecule has 0 aliphatic heterocycles. The average molecular weight is 466 g/mol. The molecule has 4 rings (SSSR count). The number of nitrogens with one attached hydrogen (secondary N) is 1. The second-order valence-electron chi connectivity index (χ2n) is 9.20. The zero-order valence-corrected chi connectivity index (χ0v) is 21.3. The molecule has 0 spiro atoms. The fourth-order valence-corrected chi connectivity index (χ4v) is 4.34. The largest absolute Gasteiger partial charge is 0.496 e. The molecule has 4 nitrogen and oxygen atoms in total. The van der Waals surface area contributed by atoms with Gasteiger partial charge in [0.2, 0.25) is 0 Å². The maximum Gasteiger partial charge on any atom is 0.125 e. The highest BCUT2D eigenvalue weighted by Crippen LogP contribution is 2.39. The van der Waals surface area contributed by atoms with Gasteiger partial charge in [0.15, 0.2) is 0 Å². The van der Waals surface area contributed by atoms with Crippen molar-refractivity contribution in [2.75, 3.05) is 50.4 Å². The number of anilines is 3. The van der Waals surface area contributed by atoms with Crippen molar-refractivity contribution in [1.82, 2.24) is 0 Å². The van der Waals surface area contributed by atoms with Crippen LogP contribution in [-0.4, -0.2) is 35.3 Å². The smallest absolute Gasteiger partial charge is 0.125 e. The third kappa shape index (κ3) is 5.78. The fraction of sp³-hybridized carbons (Fsp3) is 0.226. The lowest BCUT2D eigenvalue weighted by Crippen LogP contribution is -2.11. The number of nitrogens with zero attached hydrogens (tertiary/aromatic N) is 2. The minimum Gasteiger partial charge on any atom is -0.496 e. The highest BCUT2D eigenvalue weighted by Gasteiger charge is 2.21. The Bertz CT molecular complexity index is 1170. The third-order valence-electron chi connectivity index (χ3n) is 6.37. The van der Waals surface area contributed by atoms with Gasteiger partial charge in [0.1, 0.15) is 5.75 Å². The maximum atomic E-state index is 5.93. The van der Waals surface area contributed by atoms with Crippen molar-refractivity contribution in [1.29, 1.82) is 0 Å². The lowest BCUT2D eigenvalue weighted by Gasteiger charge is -2.24. The van der Waals surface area contributed by atoms with Crippen LogP contribution in [0, 0.1) is 0 Å². The highest BCUT2D eigenvalue weighted by atomic mass is 16.5. The van der Waals surface area contributed by atoms with E-state index in [2.05, 4.69) is 134 Å². The van der Waals surface area contributed by atoms with Gasteiger partial charge in [0.05, 0.1) is 7.11 Å². The molecule has 0 bridgehead atoms. The Kier molecular flexibility index (Phi) is 7.61. The molecule has 0 aliphatic carbocycles. The molecule has 0 aliphatic rings. The molecule has 4 aromatic carbocycles. The molecule has 0 fully saturated rings. The Morgan fingerprint density at radius 1 is 0.686 bits per heavy atom. The second-order valence-corrected chi connectivity index (χ2v) is 9.20. The summed E-state index contributed by atoms with van der Waals surface area (Å²) in [6, 6.07) is 34.5. The summed E-state index contributed by atoms with van der Waals surface area (Å²) in [5, 5.41) is 3.53. The van der Waals surface area contributed by atoms with Gasteiger partial charge in [-0.2, -0.15) is 0 Å². The lowest BCUT2D eigenvalue weighted by atomic mass is 9.84. The van der Waals surface area contributed by atoms with Crippen LogP contribution >= 0.6 is 0 Å². The molecule has 0 unspecified atom stereocenters. The molecule has 0 atom stereocenters. The first-order valence-electron chi connectivity index (χ1n) is 12.0. The van der Waals surface area contributed by atoms with Crippen molar-refractivity contribution in [2.24, 2.45) is 0 Å². The van der Waals surface area contributed by atoms with Crippen LogP contribution in [0.1, 0.15) is 28.2 Å². The summed E-state index contributed by atoms with van der Waals surface area (Å²) < 4.78 is 5.93. The van der Waals surface area contributed by atoms with Gasteiger partial charge >= 0.3 is 0 Å². The Labute approximate surface area is 209 Å². The van der Waals surface area contributed by atoms with Crippen LogP contribution in [0.4, 0.5) is 17.1 Å². The average Bonchev–Trinajstić information content (AvgIpc) is 2.89. The van der Waals surface area contributed by atoms with Crippen molar-refractivity contribution < 1.29 is 4.74 Å². The standard InChI is InChI=1S/C31H35N3O/c1-33(2)27-16-11-24(12-17-27)31(25-13-18-28(19-14-25)34(3)4)29-20-15-26(21-30(29)35-5)32-22-23-9-7-6-8-10-23/h6-21,31-32H,22H2,1-5H3. The first-order valence-corrected chi connectivity index (χ1v) is 12.0. The van der Waals surface area contributed by atoms with Crippen molar-refractivity contribution in [3.05, 3.63) is 119 Å². The topological polar surface area (TPSA) is 27.7 Å². The number of ether oxygens (including phenoxy) is 1. The minimum absolute atomic E-state index is 0.0561. The normalized spacial score (nSPS) is 10.8. The molecule has 1 N–H and O–H groups in total. The molecule has 0 saturated carbocycles. The van der Waals surface area contributed by atoms with Crippen LogP contribution in [0.3, 0.4) is 0 Å². The Hall–Kier alpha value is -3.92. The highest BCUT2D eigenvalue weighted by molar-refractivity contribution is 5.59. The van der Waals surface area contributed by atoms with Gasteiger partial charge in [-0.3, -0.25) is 0 Å². The molecular formula is C31H35N3O. The monoisotopic (exact) mass is 465 g/mol. The molecular weight excluding hydrogens is 430 g/mol. The van der Waals surface area contributed by atoms with E-state index in [1.165, 1.54) is 28.1 Å². The number of methoxy groups -OCH3 is 1. The first kappa shape index (κ1) is 24.2. The number of rotatable bonds is 9. The third-order valence-corrected chi connectivity index (χ3v) is 6.37. The van der Waals surface area contributed by atoms with E-state index in [0.717, 1.165) is 23.5 Å². The summed E-state index contributed by atoms with van der Waals surface area (Å²) in [6.45, 7) is 0.769. The SMILES string of the molecule is COc1cc(NCc2ccccc2)ccc1C(c1ccc(N(C)C)cc1)c1ccc(N(C)C)cc1. The van der Waals surface area contributed by atoms with Gasteiger partial charge < -0.3 is 19.9 Å². The lowest BCUT2D eigenvalue weighted by molar-refractivity contribution is 0.409. The summed E-state index contributed by atoms with van der Waals surface area (Å²) in [6.07, 6.45) is 0. The summed E-state index contributed by atoms with van der Waals surface area (Å²) in [4.78, 5) is 4.25.